The molecule has 0 saturated heterocycles. The highest BCUT2D eigenvalue weighted by molar-refractivity contribution is 5.94. The zero-order chi connectivity index (χ0) is 31.7. The van der Waals surface area contributed by atoms with Crippen LogP contribution in [0.3, 0.4) is 0 Å². The Hall–Kier alpha value is -4.17. The number of hydrogen-bond acceptors (Lipinski definition) is 5. The van der Waals surface area contributed by atoms with Gasteiger partial charge in [0.15, 0.2) is 0 Å². The third-order valence-corrected chi connectivity index (χ3v) is 8.29. The number of hydrogen-bond donors (Lipinski definition) is 3. The monoisotopic (exact) mass is 602 g/mol. The number of carboxylic acid groups (broad SMARTS) is 2. The van der Waals surface area contributed by atoms with Gasteiger partial charge >= 0.3 is 24.3 Å². The highest BCUT2D eigenvalue weighted by Crippen LogP contribution is 2.65. The molecule has 3 aromatic heterocycles. The highest BCUT2D eigenvalue weighted by Gasteiger charge is 2.61. The van der Waals surface area contributed by atoms with E-state index in [9.17, 15) is 31.1 Å². The molecule has 0 radical (unpaired) electrons. The minimum Gasteiger partial charge on any atom is -0.475 e. The number of alkyl halides is 6. The molecule has 5 rings (SSSR count). The Morgan fingerprint density at radius 1 is 0.952 bits per heavy atom. The number of pyridine rings is 2. The van der Waals surface area contributed by atoms with Gasteiger partial charge < -0.3 is 15.5 Å². The Kier molecular flexibility index (Phi) is 8.94. The maximum absolute atomic E-state index is 13.3. The Bertz CT molecular complexity index is 1430. The smallest absolute Gasteiger partial charge is 0.475 e. The van der Waals surface area contributed by atoms with Crippen LogP contribution in [0.4, 0.5) is 26.3 Å². The number of amides is 1. The first-order valence-electron chi connectivity index (χ1n) is 12.6. The number of carboxylic acids is 2. The minimum absolute atomic E-state index is 0.0870. The van der Waals surface area contributed by atoms with Crippen LogP contribution >= 0.6 is 0 Å². The summed E-state index contributed by atoms with van der Waals surface area (Å²) >= 11 is 0. The van der Waals surface area contributed by atoms with Crippen molar-refractivity contribution in [3.8, 4) is 11.3 Å². The topological polar surface area (TPSA) is 134 Å². The maximum Gasteiger partial charge on any atom is 0.490 e. The highest BCUT2D eigenvalue weighted by atomic mass is 19.4. The largest absolute Gasteiger partial charge is 0.490 e. The van der Waals surface area contributed by atoms with Crippen molar-refractivity contribution in [1.29, 1.82) is 0 Å². The predicted octanol–water partition coefficient (Wildman–Crippen LogP) is 5.61. The van der Waals surface area contributed by atoms with Crippen LogP contribution in [-0.2, 0) is 9.59 Å². The first kappa shape index (κ1) is 32.3. The second kappa shape index (κ2) is 11.6. The molecular weight excluding hydrogens is 574 g/mol. The van der Waals surface area contributed by atoms with Crippen molar-refractivity contribution in [2.75, 3.05) is 0 Å². The quantitative estimate of drug-likeness (QED) is 0.332. The lowest BCUT2D eigenvalue weighted by molar-refractivity contribution is -0.193. The van der Waals surface area contributed by atoms with Crippen molar-refractivity contribution in [3.05, 3.63) is 54.7 Å². The summed E-state index contributed by atoms with van der Waals surface area (Å²) in [6, 6.07) is 9.97. The van der Waals surface area contributed by atoms with E-state index in [1.165, 1.54) is 12.8 Å². The van der Waals surface area contributed by atoms with Gasteiger partial charge in [-0.25, -0.2) is 14.6 Å². The van der Waals surface area contributed by atoms with Gasteiger partial charge in [0.25, 0.3) is 5.91 Å². The lowest BCUT2D eigenvalue weighted by atomic mass is 9.69. The molecule has 2 bridgehead atoms. The van der Waals surface area contributed by atoms with Gasteiger partial charge in [-0.05, 0) is 60.3 Å². The van der Waals surface area contributed by atoms with E-state index in [1.54, 1.807) is 12.4 Å². The molecule has 2 fully saturated rings. The first-order valence-corrected chi connectivity index (χ1v) is 12.6. The Labute approximate surface area is 235 Å². The van der Waals surface area contributed by atoms with Crippen molar-refractivity contribution in [3.63, 3.8) is 0 Å². The Morgan fingerprint density at radius 2 is 1.50 bits per heavy atom. The van der Waals surface area contributed by atoms with E-state index in [0.717, 1.165) is 23.2 Å². The van der Waals surface area contributed by atoms with Crippen molar-refractivity contribution in [2.45, 2.75) is 58.4 Å². The molecule has 0 aliphatic heterocycles. The van der Waals surface area contributed by atoms with Gasteiger partial charge in [0, 0.05) is 30.2 Å². The van der Waals surface area contributed by atoms with Crippen molar-refractivity contribution >= 4 is 23.4 Å². The zero-order valence-electron chi connectivity index (χ0n) is 22.6. The summed E-state index contributed by atoms with van der Waals surface area (Å²) in [5, 5.41) is 17.6. The van der Waals surface area contributed by atoms with Crippen LogP contribution < -0.4 is 5.32 Å². The number of fused-ring (bicyclic) bond motifs is 3. The number of aromatic nitrogens is 3. The van der Waals surface area contributed by atoms with Crippen LogP contribution in [0.25, 0.3) is 16.8 Å². The van der Waals surface area contributed by atoms with Crippen LogP contribution in [0.2, 0.25) is 0 Å². The van der Waals surface area contributed by atoms with E-state index in [4.69, 9.17) is 24.8 Å². The number of halogens is 6. The molecule has 1 amide bonds. The summed E-state index contributed by atoms with van der Waals surface area (Å²) < 4.78 is 65.4. The number of carbonyl (C=O) groups excluding carboxylic acids is 1. The molecule has 15 heteroatoms. The van der Waals surface area contributed by atoms with Gasteiger partial charge in [-0.15, -0.1) is 0 Å². The number of aliphatic carboxylic acids is 2. The van der Waals surface area contributed by atoms with Gasteiger partial charge in [-0.3, -0.25) is 14.2 Å². The van der Waals surface area contributed by atoms with Crippen molar-refractivity contribution in [1.82, 2.24) is 19.7 Å². The maximum atomic E-state index is 13.3. The van der Waals surface area contributed by atoms with E-state index < -0.39 is 24.3 Å². The summed E-state index contributed by atoms with van der Waals surface area (Å²) in [7, 11) is 0. The fourth-order valence-corrected chi connectivity index (χ4v) is 5.57. The average Bonchev–Trinajstić information content (AvgIpc) is 3.45. The van der Waals surface area contributed by atoms with E-state index in [-0.39, 0.29) is 22.8 Å². The molecule has 3 atom stereocenters. The molecule has 2 aliphatic rings. The van der Waals surface area contributed by atoms with Gasteiger partial charge in [-0.2, -0.15) is 26.3 Å². The van der Waals surface area contributed by atoms with Crippen molar-refractivity contribution in [2.24, 2.45) is 16.7 Å². The van der Waals surface area contributed by atoms with E-state index in [1.807, 2.05) is 40.9 Å². The second-order valence-corrected chi connectivity index (χ2v) is 10.7. The number of rotatable bonds is 3. The summed E-state index contributed by atoms with van der Waals surface area (Å²) in [6.45, 7) is 7.07. The van der Waals surface area contributed by atoms with E-state index in [0.29, 0.717) is 11.7 Å². The predicted molar refractivity (Wildman–Crippen MR) is 136 cm³/mol. The number of imidazole rings is 1. The van der Waals surface area contributed by atoms with Gasteiger partial charge in [0.2, 0.25) is 5.82 Å². The third-order valence-electron chi connectivity index (χ3n) is 8.29. The van der Waals surface area contributed by atoms with Crippen LogP contribution in [0.1, 0.15) is 50.7 Å². The molecule has 9 nitrogen and oxygen atoms in total. The Balaban J connectivity index is 0.000000289. The molecule has 0 aromatic carbocycles. The van der Waals surface area contributed by atoms with Gasteiger partial charge in [-0.1, -0.05) is 26.8 Å². The number of nitrogens with one attached hydrogen (secondary N) is 1. The van der Waals surface area contributed by atoms with Crippen LogP contribution in [0, 0.1) is 16.7 Å². The van der Waals surface area contributed by atoms with E-state index >= 15 is 0 Å². The Morgan fingerprint density at radius 3 is 1.95 bits per heavy atom. The first-order chi connectivity index (χ1) is 19.3. The summed E-state index contributed by atoms with van der Waals surface area (Å²) in [5.74, 6) is -4.46. The summed E-state index contributed by atoms with van der Waals surface area (Å²) in [5.41, 5.74) is 3.12. The number of nitrogens with zero attached hydrogens (tertiary/aromatic N) is 3. The molecule has 3 N–H and O–H groups in total. The van der Waals surface area contributed by atoms with E-state index in [2.05, 4.69) is 31.1 Å². The molecule has 0 spiro atoms. The SMILES string of the molecule is CC1(C)C2CC[C@@]1(C)[C@@H](NC(=O)c1nc(-c3ccncc3)c3ccccn13)C2.O=C(O)C(F)(F)F.O=C(O)C(F)(F)F. The molecule has 2 saturated carbocycles. The lowest BCUT2D eigenvalue weighted by Crippen LogP contribution is -2.47. The van der Waals surface area contributed by atoms with Crippen LogP contribution in [0.15, 0.2) is 48.9 Å². The summed E-state index contributed by atoms with van der Waals surface area (Å²) in [4.78, 5) is 39.9. The lowest BCUT2D eigenvalue weighted by Gasteiger charge is -2.39. The number of carbonyl (C=O) groups is 3. The zero-order valence-corrected chi connectivity index (χ0v) is 22.6. The van der Waals surface area contributed by atoms with Gasteiger partial charge in [0.05, 0.1) is 11.2 Å². The molecule has 3 aromatic rings. The molecule has 228 valence electrons. The van der Waals surface area contributed by atoms with Crippen molar-refractivity contribution < 1.29 is 50.9 Å². The minimum atomic E-state index is -5.08. The molecule has 2 aliphatic carbocycles. The van der Waals surface area contributed by atoms with Crippen LogP contribution in [-0.4, -0.2) is 60.8 Å². The molecule has 3 heterocycles. The molecular formula is C27H28F6N4O5. The average molecular weight is 603 g/mol. The molecule has 42 heavy (non-hydrogen) atoms. The third kappa shape index (κ3) is 6.49. The van der Waals surface area contributed by atoms with Crippen LogP contribution in [0.5, 0.6) is 0 Å². The fraction of sp³-hybridized carbons (Fsp3) is 0.444. The second-order valence-electron chi connectivity index (χ2n) is 10.7. The standard InChI is InChI=1S/C23H26N4O.2C2HF3O2/c1-22(2)16-7-10-23(22,3)18(14-16)25-21(28)20-26-19(15-8-11-24-12-9-15)17-6-4-5-13-27(17)20;2*3-2(4,5)1(6)7/h4-6,8-9,11-13,16,18H,7,10,14H2,1-3H3,(H,25,28);2*(H,6,7)/t16?,18-,23-;;/m0../s1. The molecule has 1 unspecified atom stereocenters. The van der Waals surface area contributed by atoms with Gasteiger partial charge in [0.1, 0.15) is 0 Å². The summed E-state index contributed by atoms with van der Waals surface area (Å²) in [6.07, 6.45) is -1.23. The fourth-order valence-electron chi connectivity index (χ4n) is 5.57. The normalized spacial score (nSPS) is 22.4.